The van der Waals surface area contributed by atoms with Gasteiger partial charge in [-0.3, -0.25) is 9.59 Å². The summed E-state index contributed by atoms with van der Waals surface area (Å²) in [5.41, 5.74) is 0.986. The van der Waals surface area contributed by atoms with Gasteiger partial charge in [-0.25, -0.2) is 8.78 Å². The van der Waals surface area contributed by atoms with Gasteiger partial charge in [-0.05, 0) is 60.3 Å². The second kappa shape index (κ2) is 12.1. The van der Waals surface area contributed by atoms with Gasteiger partial charge >= 0.3 is 5.97 Å². The van der Waals surface area contributed by atoms with Crippen LogP contribution in [0.3, 0.4) is 0 Å². The zero-order chi connectivity index (χ0) is 29.3. The molecule has 0 saturated heterocycles. The quantitative estimate of drug-likeness (QED) is 0.176. The molecule has 39 heavy (non-hydrogen) atoms. The lowest BCUT2D eigenvalue weighted by atomic mass is 9.86. The van der Waals surface area contributed by atoms with Crippen LogP contribution >= 0.6 is 11.6 Å². The Kier molecular flexibility index (Phi) is 9.66. The van der Waals surface area contributed by atoms with Gasteiger partial charge in [0.2, 0.25) is 0 Å². The van der Waals surface area contributed by atoms with Crippen LogP contribution in [-0.4, -0.2) is 45.9 Å². The minimum absolute atomic E-state index is 0.00557. The largest absolute Gasteiger partial charge is 0.465 e. The molecule has 2 aromatic carbocycles. The summed E-state index contributed by atoms with van der Waals surface area (Å²) in [6.45, 7) is 17.2. The molecule has 214 valence electrons. The summed E-state index contributed by atoms with van der Waals surface area (Å²) in [5.74, 6) is -3.22. The van der Waals surface area contributed by atoms with Crippen LogP contribution in [-0.2, 0) is 20.4 Å². The number of Topliss-reactive ketones (excluding diaryl/α,β-unsaturated/α-hetero) is 1. The molecule has 3 rings (SSSR count). The number of hydrogen-bond donors (Lipinski definition) is 0. The first kappa shape index (κ1) is 31.2. The Morgan fingerprint density at radius 2 is 1.85 bits per heavy atom. The number of ether oxygens (including phenoxy) is 1. The third-order valence-electron chi connectivity index (χ3n) is 8.01. The first-order valence-corrected chi connectivity index (χ1v) is 16.7. The number of halogens is 3. The minimum atomic E-state index is -2.11. The van der Waals surface area contributed by atoms with E-state index in [0.717, 1.165) is 0 Å². The van der Waals surface area contributed by atoms with Gasteiger partial charge in [-0.2, -0.15) is 0 Å². The highest BCUT2D eigenvalue weighted by molar-refractivity contribution is 6.74. The van der Waals surface area contributed by atoms with Gasteiger partial charge in [0.05, 0.1) is 30.0 Å². The highest BCUT2D eigenvalue weighted by Crippen LogP contribution is 2.39. The molecule has 0 fully saturated rings. The Labute approximate surface area is 237 Å². The third kappa shape index (κ3) is 6.72. The fraction of sp³-hybridized carbons (Fsp3) is 0.533. The van der Waals surface area contributed by atoms with E-state index in [4.69, 9.17) is 20.8 Å². The standard InChI is InChI=1S/C30H40ClF2NO4Si/c1-9-37-29(36)22-16-34(26(18(2)3)17-38-39(7,8)30(4,5)6)25-15-24(32)20(14-21(25)28(22)35)13-19-11-10-12-23(31)27(19)33/h10-12,14-15,18,22,26H,9,13,16-17H2,1-8H3/t22?,26-/m1/s1. The summed E-state index contributed by atoms with van der Waals surface area (Å²) in [6, 6.07) is 7.09. The average Bonchev–Trinajstić information content (AvgIpc) is 2.83. The molecule has 1 aliphatic rings. The second-order valence-electron chi connectivity index (χ2n) is 12.1. The Morgan fingerprint density at radius 1 is 1.18 bits per heavy atom. The van der Waals surface area contributed by atoms with Gasteiger partial charge in [-0.1, -0.05) is 58.4 Å². The molecule has 0 aromatic heterocycles. The number of benzene rings is 2. The minimum Gasteiger partial charge on any atom is -0.465 e. The third-order valence-corrected chi connectivity index (χ3v) is 12.8. The van der Waals surface area contributed by atoms with Crippen LogP contribution in [0.5, 0.6) is 0 Å². The molecule has 0 aliphatic carbocycles. The Hall–Kier alpha value is -2.29. The first-order chi connectivity index (χ1) is 18.1. The van der Waals surface area contributed by atoms with Crippen LogP contribution in [0.15, 0.2) is 30.3 Å². The summed E-state index contributed by atoms with van der Waals surface area (Å²) in [5, 5.41) is -0.0639. The van der Waals surface area contributed by atoms with Crippen LogP contribution in [0, 0.1) is 23.5 Å². The summed E-state index contributed by atoms with van der Waals surface area (Å²) < 4.78 is 42.0. The molecule has 0 saturated carbocycles. The lowest BCUT2D eigenvalue weighted by molar-refractivity contribution is -0.146. The van der Waals surface area contributed by atoms with E-state index in [1.807, 2.05) is 18.7 Å². The maximum absolute atomic E-state index is 15.6. The van der Waals surface area contributed by atoms with Gasteiger partial charge < -0.3 is 14.1 Å². The summed E-state index contributed by atoms with van der Waals surface area (Å²) in [6.07, 6.45) is -0.0923. The predicted octanol–water partition coefficient (Wildman–Crippen LogP) is 7.44. The molecule has 5 nitrogen and oxygen atoms in total. The van der Waals surface area contributed by atoms with Crippen molar-refractivity contribution in [1.29, 1.82) is 0 Å². The maximum Gasteiger partial charge on any atom is 0.318 e. The molecule has 0 N–H and O–H groups in total. The number of carbonyl (C=O) groups is 2. The fourth-order valence-electron chi connectivity index (χ4n) is 4.52. The lowest BCUT2D eigenvalue weighted by Crippen LogP contribution is -2.53. The van der Waals surface area contributed by atoms with E-state index in [-0.39, 0.29) is 58.3 Å². The van der Waals surface area contributed by atoms with E-state index in [2.05, 4.69) is 33.9 Å². The SMILES string of the molecule is CCOC(=O)C1CN([C@H](CO[Si](C)(C)C(C)(C)C)C(C)C)c2cc(F)c(Cc3cccc(Cl)c3F)cc2C1=O. The van der Waals surface area contributed by atoms with E-state index in [9.17, 15) is 14.0 Å². The Bertz CT molecular complexity index is 1230. The van der Waals surface area contributed by atoms with Gasteiger partial charge in [0, 0.05) is 18.5 Å². The number of fused-ring (bicyclic) bond motifs is 1. The molecule has 0 bridgehead atoms. The number of esters is 1. The monoisotopic (exact) mass is 579 g/mol. The normalized spacial score (nSPS) is 16.9. The number of ketones is 1. The fourth-order valence-corrected chi connectivity index (χ4v) is 5.74. The molecule has 0 spiro atoms. The van der Waals surface area contributed by atoms with Crippen molar-refractivity contribution in [2.75, 3.05) is 24.7 Å². The highest BCUT2D eigenvalue weighted by Gasteiger charge is 2.43. The summed E-state index contributed by atoms with van der Waals surface area (Å²) in [4.78, 5) is 28.4. The van der Waals surface area contributed by atoms with Crippen molar-refractivity contribution in [3.05, 3.63) is 63.7 Å². The van der Waals surface area contributed by atoms with E-state index >= 15 is 4.39 Å². The molecular weight excluding hydrogens is 540 g/mol. The number of anilines is 1. The first-order valence-electron chi connectivity index (χ1n) is 13.5. The van der Waals surface area contributed by atoms with Crippen molar-refractivity contribution in [1.82, 2.24) is 0 Å². The predicted molar refractivity (Wildman–Crippen MR) is 154 cm³/mol. The molecule has 1 heterocycles. The van der Waals surface area contributed by atoms with Crippen molar-refractivity contribution < 1.29 is 27.5 Å². The average molecular weight is 580 g/mol. The zero-order valence-electron chi connectivity index (χ0n) is 24.2. The Balaban J connectivity index is 2.09. The molecule has 0 radical (unpaired) electrons. The van der Waals surface area contributed by atoms with Gasteiger partial charge in [0.1, 0.15) is 17.6 Å². The lowest BCUT2D eigenvalue weighted by Gasteiger charge is -2.44. The molecular formula is C30H40ClF2NO4Si. The van der Waals surface area contributed by atoms with E-state index in [1.165, 1.54) is 24.3 Å². The molecule has 9 heteroatoms. The second-order valence-corrected chi connectivity index (χ2v) is 17.3. The number of carbonyl (C=O) groups excluding carboxylic acids is 2. The number of nitrogens with zero attached hydrogens (tertiary/aromatic N) is 1. The van der Waals surface area contributed by atoms with E-state index in [1.54, 1.807) is 13.0 Å². The van der Waals surface area contributed by atoms with Gasteiger partial charge in [-0.15, -0.1) is 0 Å². The molecule has 1 aliphatic heterocycles. The molecule has 0 amide bonds. The van der Waals surface area contributed by atoms with Crippen molar-refractivity contribution >= 4 is 37.4 Å². The molecule has 2 aromatic rings. The number of rotatable bonds is 9. The van der Waals surface area contributed by atoms with Crippen molar-refractivity contribution in [3.8, 4) is 0 Å². The van der Waals surface area contributed by atoms with Crippen molar-refractivity contribution in [2.24, 2.45) is 11.8 Å². The van der Waals surface area contributed by atoms with E-state index in [0.29, 0.717) is 12.3 Å². The topological polar surface area (TPSA) is 55.8 Å². The number of hydrogen-bond acceptors (Lipinski definition) is 5. The van der Waals surface area contributed by atoms with E-state index < -0.39 is 37.6 Å². The van der Waals surface area contributed by atoms with Crippen molar-refractivity contribution in [2.45, 2.75) is 72.1 Å². The summed E-state index contributed by atoms with van der Waals surface area (Å²) >= 11 is 5.93. The maximum atomic E-state index is 15.6. The van der Waals surface area contributed by atoms with Crippen LogP contribution in [0.25, 0.3) is 0 Å². The zero-order valence-corrected chi connectivity index (χ0v) is 25.9. The van der Waals surface area contributed by atoms with Gasteiger partial charge in [0.25, 0.3) is 0 Å². The van der Waals surface area contributed by atoms with Crippen LogP contribution in [0.4, 0.5) is 14.5 Å². The molecule has 1 unspecified atom stereocenters. The van der Waals surface area contributed by atoms with Gasteiger partial charge in [0.15, 0.2) is 14.1 Å². The Morgan fingerprint density at radius 3 is 2.44 bits per heavy atom. The van der Waals surface area contributed by atoms with Crippen LogP contribution < -0.4 is 4.90 Å². The van der Waals surface area contributed by atoms with Crippen molar-refractivity contribution in [3.63, 3.8) is 0 Å². The highest BCUT2D eigenvalue weighted by atomic mass is 35.5. The molecule has 2 atom stereocenters. The van der Waals surface area contributed by atoms with Crippen LogP contribution in [0.2, 0.25) is 23.2 Å². The smallest absolute Gasteiger partial charge is 0.318 e. The van der Waals surface area contributed by atoms with Crippen LogP contribution in [0.1, 0.15) is 63.0 Å². The summed E-state index contributed by atoms with van der Waals surface area (Å²) in [7, 11) is -2.11.